The van der Waals surface area contributed by atoms with Crippen molar-refractivity contribution < 1.29 is 14.0 Å². The molecule has 2 rings (SSSR count). The van der Waals surface area contributed by atoms with E-state index in [2.05, 4.69) is 10.6 Å². The van der Waals surface area contributed by atoms with Gasteiger partial charge in [0.25, 0.3) is 0 Å². The van der Waals surface area contributed by atoms with Gasteiger partial charge in [-0.3, -0.25) is 14.5 Å². The van der Waals surface area contributed by atoms with E-state index in [-0.39, 0.29) is 30.0 Å². The number of nitrogens with two attached hydrogens (primary N) is 1. The van der Waals surface area contributed by atoms with Crippen LogP contribution in [0.2, 0.25) is 0 Å². The molecule has 1 aromatic carbocycles. The van der Waals surface area contributed by atoms with Gasteiger partial charge in [-0.05, 0) is 25.1 Å². The Kier molecular flexibility index (Phi) is 4.74. The normalized spacial score (nSPS) is 19.1. The van der Waals surface area contributed by atoms with Crippen LogP contribution in [0.1, 0.15) is 13.3 Å². The Hall–Kier alpha value is -2.15. The van der Waals surface area contributed by atoms with Crippen LogP contribution in [-0.2, 0) is 9.59 Å². The van der Waals surface area contributed by atoms with E-state index in [1.54, 1.807) is 0 Å². The molecule has 0 radical (unpaired) electrons. The van der Waals surface area contributed by atoms with Gasteiger partial charge >= 0.3 is 0 Å². The van der Waals surface area contributed by atoms with E-state index in [0.717, 1.165) is 6.54 Å². The van der Waals surface area contributed by atoms with Crippen LogP contribution in [0.25, 0.3) is 0 Å². The maximum atomic E-state index is 13.0. The second-order valence-corrected chi connectivity index (χ2v) is 5.04. The lowest BCUT2D eigenvalue weighted by Gasteiger charge is -2.32. The first-order chi connectivity index (χ1) is 9.97. The first kappa shape index (κ1) is 15.2. The lowest BCUT2D eigenvalue weighted by atomic mass is 10.2. The molecule has 1 saturated heterocycles. The summed E-state index contributed by atoms with van der Waals surface area (Å²) in [4.78, 5) is 25.3. The highest BCUT2D eigenvalue weighted by Crippen LogP contribution is 2.16. The van der Waals surface area contributed by atoms with Crippen molar-refractivity contribution in [2.75, 3.05) is 30.7 Å². The van der Waals surface area contributed by atoms with Crippen LogP contribution in [-0.4, -0.2) is 42.4 Å². The summed E-state index contributed by atoms with van der Waals surface area (Å²) in [6, 6.07) is 3.82. The number of amides is 2. The topological polar surface area (TPSA) is 87.5 Å². The van der Waals surface area contributed by atoms with Gasteiger partial charge in [-0.25, -0.2) is 4.39 Å². The van der Waals surface area contributed by atoms with Gasteiger partial charge in [0.2, 0.25) is 11.8 Å². The number of benzene rings is 1. The summed E-state index contributed by atoms with van der Waals surface area (Å²) in [7, 11) is 0. The molecular weight excluding hydrogens is 275 g/mol. The van der Waals surface area contributed by atoms with Crippen LogP contribution in [0.15, 0.2) is 18.2 Å². The molecule has 1 heterocycles. The molecule has 1 atom stereocenters. The van der Waals surface area contributed by atoms with Crippen LogP contribution in [0.4, 0.5) is 15.8 Å². The number of carbonyl (C=O) groups is 2. The lowest BCUT2D eigenvalue weighted by Crippen LogP contribution is -2.54. The molecule has 7 heteroatoms. The summed E-state index contributed by atoms with van der Waals surface area (Å²) in [6.07, 6.45) is 0.259. The zero-order valence-corrected chi connectivity index (χ0v) is 11.9. The fraction of sp³-hybridized carbons (Fsp3) is 0.429. The molecule has 21 heavy (non-hydrogen) atoms. The molecule has 1 aromatic rings. The highest BCUT2D eigenvalue weighted by Gasteiger charge is 2.25. The lowest BCUT2D eigenvalue weighted by molar-refractivity contribution is -0.129. The number of anilines is 2. The number of hydrogen-bond acceptors (Lipinski definition) is 4. The molecule has 0 bridgehead atoms. The average Bonchev–Trinajstić information content (AvgIpc) is 2.44. The zero-order valence-electron chi connectivity index (χ0n) is 11.9. The third-order valence-electron chi connectivity index (χ3n) is 3.53. The molecule has 0 spiro atoms. The molecule has 6 nitrogen and oxygen atoms in total. The fourth-order valence-electron chi connectivity index (χ4n) is 2.23. The van der Waals surface area contributed by atoms with Gasteiger partial charge in [0.15, 0.2) is 0 Å². The molecule has 0 saturated carbocycles. The largest absolute Gasteiger partial charge is 0.396 e. The minimum atomic E-state index is -0.513. The Morgan fingerprint density at radius 1 is 1.57 bits per heavy atom. The average molecular weight is 294 g/mol. The minimum absolute atomic E-state index is 0.00544. The molecule has 1 unspecified atom stereocenters. The molecule has 0 aliphatic carbocycles. The molecule has 1 fully saturated rings. The number of piperazine rings is 1. The van der Waals surface area contributed by atoms with Crippen molar-refractivity contribution in [1.82, 2.24) is 10.2 Å². The van der Waals surface area contributed by atoms with E-state index in [9.17, 15) is 14.0 Å². The molecule has 4 N–H and O–H groups in total. The van der Waals surface area contributed by atoms with Crippen molar-refractivity contribution >= 4 is 23.2 Å². The second-order valence-electron chi connectivity index (χ2n) is 5.04. The highest BCUT2D eigenvalue weighted by atomic mass is 19.1. The van der Waals surface area contributed by atoms with Crippen molar-refractivity contribution in [3.63, 3.8) is 0 Å². The Balaban J connectivity index is 1.84. The van der Waals surface area contributed by atoms with E-state index in [0.29, 0.717) is 18.8 Å². The number of nitrogens with zero attached hydrogens (tertiary/aromatic N) is 1. The van der Waals surface area contributed by atoms with Crippen LogP contribution in [0, 0.1) is 5.82 Å². The zero-order chi connectivity index (χ0) is 15.4. The molecule has 1 aliphatic rings. The number of nitrogen functional groups attached to an aromatic ring is 1. The van der Waals surface area contributed by atoms with E-state index in [4.69, 9.17) is 5.73 Å². The second kappa shape index (κ2) is 6.53. The predicted molar refractivity (Wildman–Crippen MR) is 78.1 cm³/mol. The van der Waals surface area contributed by atoms with Crippen molar-refractivity contribution in [3.05, 3.63) is 24.0 Å². The van der Waals surface area contributed by atoms with Crippen molar-refractivity contribution in [1.29, 1.82) is 0 Å². The SMILES string of the molecule is CC1C(=O)NCCN1CCC(=O)Nc1ccc(F)c(N)c1. The summed E-state index contributed by atoms with van der Waals surface area (Å²) in [5, 5.41) is 5.43. The number of nitrogens with one attached hydrogen (secondary N) is 2. The molecule has 0 aromatic heterocycles. The van der Waals surface area contributed by atoms with Gasteiger partial charge < -0.3 is 16.4 Å². The Morgan fingerprint density at radius 2 is 2.33 bits per heavy atom. The predicted octanol–water partition coefficient (Wildman–Crippen LogP) is 0.557. The van der Waals surface area contributed by atoms with E-state index >= 15 is 0 Å². The number of rotatable bonds is 4. The van der Waals surface area contributed by atoms with Crippen LogP contribution >= 0.6 is 0 Å². The van der Waals surface area contributed by atoms with Gasteiger partial charge in [0.1, 0.15) is 5.82 Å². The van der Waals surface area contributed by atoms with Gasteiger partial charge in [0.05, 0.1) is 11.7 Å². The minimum Gasteiger partial charge on any atom is -0.396 e. The quantitative estimate of drug-likeness (QED) is 0.708. The Bertz CT molecular complexity index is 550. The maximum absolute atomic E-state index is 13.0. The number of carbonyl (C=O) groups excluding carboxylic acids is 2. The van der Waals surface area contributed by atoms with Gasteiger partial charge in [-0.2, -0.15) is 0 Å². The summed E-state index contributed by atoms with van der Waals surface area (Å²) < 4.78 is 13.0. The fourth-order valence-corrected chi connectivity index (χ4v) is 2.23. The standard InChI is InChI=1S/C14H19FN4O2/c1-9-14(21)17-5-7-19(9)6-4-13(20)18-10-2-3-11(15)12(16)8-10/h2-3,8-9H,4-7,16H2,1H3,(H,17,21)(H,18,20). The number of halogens is 1. The summed E-state index contributed by atoms with van der Waals surface area (Å²) in [6.45, 7) is 3.63. The Labute approximate surface area is 122 Å². The third-order valence-corrected chi connectivity index (χ3v) is 3.53. The van der Waals surface area contributed by atoms with E-state index in [1.807, 2.05) is 11.8 Å². The van der Waals surface area contributed by atoms with Crippen LogP contribution in [0.5, 0.6) is 0 Å². The summed E-state index contributed by atoms with van der Waals surface area (Å²) in [5.41, 5.74) is 5.90. The first-order valence-electron chi connectivity index (χ1n) is 6.84. The van der Waals surface area contributed by atoms with Gasteiger partial charge in [-0.1, -0.05) is 0 Å². The molecular formula is C14H19FN4O2. The van der Waals surface area contributed by atoms with E-state index < -0.39 is 5.82 Å². The van der Waals surface area contributed by atoms with Crippen molar-refractivity contribution in [2.45, 2.75) is 19.4 Å². The third kappa shape index (κ3) is 3.91. The summed E-state index contributed by atoms with van der Waals surface area (Å²) >= 11 is 0. The van der Waals surface area contributed by atoms with Crippen LogP contribution < -0.4 is 16.4 Å². The highest BCUT2D eigenvalue weighted by molar-refractivity contribution is 5.91. The first-order valence-corrected chi connectivity index (χ1v) is 6.84. The molecule has 2 amide bonds. The Morgan fingerprint density at radius 3 is 3.05 bits per heavy atom. The molecule has 1 aliphatic heterocycles. The van der Waals surface area contributed by atoms with Gasteiger partial charge in [0, 0.05) is 31.7 Å². The van der Waals surface area contributed by atoms with Crippen LogP contribution in [0.3, 0.4) is 0 Å². The van der Waals surface area contributed by atoms with E-state index in [1.165, 1.54) is 18.2 Å². The van der Waals surface area contributed by atoms with Gasteiger partial charge in [-0.15, -0.1) is 0 Å². The van der Waals surface area contributed by atoms with Crippen molar-refractivity contribution in [3.8, 4) is 0 Å². The monoisotopic (exact) mass is 294 g/mol. The van der Waals surface area contributed by atoms with Crippen molar-refractivity contribution in [2.24, 2.45) is 0 Å². The summed E-state index contributed by atoms with van der Waals surface area (Å²) in [5.74, 6) is -0.728. The maximum Gasteiger partial charge on any atom is 0.237 e. The smallest absolute Gasteiger partial charge is 0.237 e. The molecule has 114 valence electrons. The number of hydrogen-bond donors (Lipinski definition) is 3.